The van der Waals surface area contributed by atoms with Gasteiger partial charge in [0.15, 0.2) is 15.0 Å². The fourth-order valence-electron chi connectivity index (χ4n) is 3.54. The lowest BCUT2D eigenvalue weighted by Crippen LogP contribution is -2.22. The van der Waals surface area contributed by atoms with Crippen LogP contribution in [0, 0.1) is 5.82 Å². The first kappa shape index (κ1) is 19.7. The molecule has 1 aliphatic heterocycles. The van der Waals surface area contributed by atoms with E-state index in [1.807, 2.05) is 0 Å². The molecule has 1 atom stereocenters. The van der Waals surface area contributed by atoms with E-state index in [0.29, 0.717) is 10.4 Å². The lowest BCUT2D eigenvalue weighted by atomic mass is 10.1. The zero-order valence-corrected chi connectivity index (χ0v) is 17.3. The molecule has 2 heterocycles. The smallest absolute Gasteiger partial charge is 0.204 e. The van der Waals surface area contributed by atoms with Crippen LogP contribution in [0.25, 0.3) is 0 Å². The van der Waals surface area contributed by atoms with E-state index in [0.717, 1.165) is 36.3 Å². The third-order valence-corrected chi connectivity index (χ3v) is 7.14. The van der Waals surface area contributed by atoms with Crippen LogP contribution in [-0.4, -0.2) is 32.0 Å². The first-order valence-corrected chi connectivity index (χ1v) is 11.9. The predicted octanol–water partition coefficient (Wildman–Crippen LogP) is 4.26. The molecule has 0 radical (unpaired) electrons. The van der Waals surface area contributed by atoms with Gasteiger partial charge in [-0.05, 0) is 42.7 Å². The molecule has 29 heavy (non-hydrogen) atoms. The fraction of sp³-hybridized carbons (Fsp3) is 0.238. The average molecular weight is 431 g/mol. The summed E-state index contributed by atoms with van der Waals surface area (Å²) in [4.78, 5) is 20.0. The van der Waals surface area contributed by atoms with Gasteiger partial charge in [0.1, 0.15) is 5.82 Å². The highest BCUT2D eigenvalue weighted by molar-refractivity contribution is 7.90. The third-order valence-electron chi connectivity index (χ3n) is 4.99. The van der Waals surface area contributed by atoms with Crippen LogP contribution in [0.4, 0.5) is 9.52 Å². The fourth-order valence-corrected chi connectivity index (χ4v) is 5.16. The van der Waals surface area contributed by atoms with E-state index in [1.165, 1.54) is 41.8 Å². The minimum Gasteiger partial charge on any atom is -0.341 e. The number of thiazole rings is 1. The van der Waals surface area contributed by atoms with Gasteiger partial charge >= 0.3 is 0 Å². The summed E-state index contributed by atoms with van der Waals surface area (Å²) in [6.07, 6.45) is 4.58. The molecule has 0 N–H and O–H groups in total. The van der Waals surface area contributed by atoms with Crippen LogP contribution in [0.1, 0.15) is 39.7 Å². The topological polar surface area (TPSA) is 67.3 Å². The average Bonchev–Trinajstić information content (AvgIpc) is 3.37. The second-order valence-corrected chi connectivity index (χ2v) is 10.1. The molecule has 8 heteroatoms. The summed E-state index contributed by atoms with van der Waals surface area (Å²) in [6, 6.07) is 12.6. The lowest BCUT2D eigenvalue weighted by Gasteiger charge is -2.24. The Morgan fingerprint density at radius 3 is 2.69 bits per heavy atom. The molecule has 0 saturated carbocycles. The van der Waals surface area contributed by atoms with Crippen molar-refractivity contribution in [3.8, 4) is 0 Å². The first-order valence-electron chi connectivity index (χ1n) is 9.16. The van der Waals surface area contributed by atoms with Crippen molar-refractivity contribution in [1.29, 1.82) is 0 Å². The number of carbonyl (C=O) groups excluding carboxylic acids is 1. The van der Waals surface area contributed by atoms with Crippen LogP contribution < -0.4 is 4.90 Å². The van der Waals surface area contributed by atoms with Crippen LogP contribution in [-0.2, 0) is 9.84 Å². The van der Waals surface area contributed by atoms with E-state index in [1.54, 1.807) is 24.3 Å². The van der Waals surface area contributed by atoms with E-state index in [-0.39, 0.29) is 22.5 Å². The van der Waals surface area contributed by atoms with Crippen molar-refractivity contribution in [2.75, 3.05) is 17.7 Å². The molecule has 1 unspecified atom stereocenters. The summed E-state index contributed by atoms with van der Waals surface area (Å²) < 4.78 is 36.8. The van der Waals surface area contributed by atoms with Crippen molar-refractivity contribution in [2.45, 2.75) is 23.8 Å². The van der Waals surface area contributed by atoms with E-state index >= 15 is 0 Å². The number of hydrogen-bond donors (Lipinski definition) is 0. The first-order chi connectivity index (χ1) is 13.8. The van der Waals surface area contributed by atoms with Gasteiger partial charge in [-0.1, -0.05) is 35.6 Å². The Labute approximate surface area is 172 Å². The van der Waals surface area contributed by atoms with Crippen molar-refractivity contribution < 1.29 is 17.6 Å². The molecule has 0 amide bonds. The maximum absolute atomic E-state index is 13.3. The maximum Gasteiger partial charge on any atom is 0.204 e. The van der Waals surface area contributed by atoms with E-state index in [9.17, 15) is 17.6 Å². The normalized spacial score (nSPS) is 16.9. The van der Waals surface area contributed by atoms with E-state index < -0.39 is 9.84 Å². The summed E-state index contributed by atoms with van der Waals surface area (Å²) in [6.45, 7) is 0.812. The van der Waals surface area contributed by atoms with Gasteiger partial charge in [-0.25, -0.2) is 17.8 Å². The summed E-state index contributed by atoms with van der Waals surface area (Å²) in [5, 5.41) is 0.736. The number of benzene rings is 2. The van der Waals surface area contributed by atoms with Crippen molar-refractivity contribution in [1.82, 2.24) is 4.98 Å². The van der Waals surface area contributed by atoms with Crippen LogP contribution in [0.3, 0.4) is 0 Å². The highest BCUT2D eigenvalue weighted by atomic mass is 32.2. The number of ketones is 1. The number of sulfone groups is 1. The van der Waals surface area contributed by atoms with Gasteiger partial charge in [-0.15, -0.1) is 0 Å². The van der Waals surface area contributed by atoms with Crippen LogP contribution in [0.5, 0.6) is 0 Å². The number of halogens is 1. The highest BCUT2D eigenvalue weighted by Gasteiger charge is 2.29. The van der Waals surface area contributed by atoms with Crippen LogP contribution in [0.2, 0.25) is 0 Å². The minimum absolute atomic E-state index is 0.0956. The van der Waals surface area contributed by atoms with Gasteiger partial charge < -0.3 is 4.90 Å². The zero-order chi connectivity index (χ0) is 20.6. The summed E-state index contributed by atoms with van der Waals surface area (Å²) in [5.74, 6) is -0.520. The summed E-state index contributed by atoms with van der Waals surface area (Å²) in [5.41, 5.74) is 1.34. The Morgan fingerprint density at radius 2 is 1.97 bits per heavy atom. The number of carbonyl (C=O) groups is 1. The zero-order valence-electron chi connectivity index (χ0n) is 15.7. The summed E-state index contributed by atoms with van der Waals surface area (Å²) >= 11 is 1.29. The number of anilines is 1. The molecular weight excluding hydrogens is 411 g/mol. The highest BCUT2D eigenvalue weighted by Crippen LogP contribution is 2.38. The molecule has 4 rings (SSSR count). The van der Waals surface area contributed by atoms with Gasteiger partial charge in [-0.3, -0.25) is 4.79 Å². The molecule has 1 fully saturated rings. The third kappa shape index (κ3) is 4.09. The second kappa shape index (κ2) is 7.68. The number of hydrogen-bond acceptors (Lipinski definition) is 6. The van der Waals surface area contributed by atoms with E-state index in [2.05, 4.69) is 9.88 Å². The maximum atomic E-state index is 13.3. The Balaban J connectivity index is 1.59. The monoisotopic (exact) mass is 430 g/mol. The molecule has 0 aliphatic carbocycles. The Hall–Kier alpha value is -2.58. The molecule has 150 valence electrons. The standard InChI is InChI=1S/C21H19FN2O3S2/c1-29(26,27)17-5-2-4-15(12-17)20(25)19-13-23-21(28-19)24-11-3-6-18(24)14-7-9-16(22)10-8-14/h2,4-5,7-10,12-13,18H,3,6,11H2,1H3. The number of nitrogens with zero attached hydrogens (tertiary/aromatic N) is 2. The molecule has 1 aliphatic rings. The van der Waals surface area contributed by atoms with Gasteiger partial charge in [0, 0.05) is 18.4 Å². The molecule has 2 aromatic carbocycles. The van der Waals surface area contributed by atoms with Gasteiger partial charge in [-0.2, -0.15) is 0 Å². The quantitative estimate of drug-likeness (QED) is 0.566. The van der Waals surface area contributed by atoms with Gasteiger partial charge in [0.25, 0.3) is 0 Å². The van der Waals surface area contributed by atoms with Crippen LogP contribution >= 0.6 is 11.3 Å². The number of rotatable bonds is 5. The Morgan fingerprint density at radius 1 is 1.21 bits per heavy atom. The van der Waals surface area contributed by atoms with Crippen LogP contribution in [0.15, 0.2) is 59.6 Å². The Bertz CT molecular complexity index is 1160. The predicted molar refractivity (Wildman–Crippen MR) is 111 cm³/mol. The molecule has 0 spiro atoms. The molecular formula is C21H19FN2O3S2. The van der Waals surface area contributed by atoms with Gasteiger partial charge in [0.2, 0.25) is 5.78 Å². The molecule has 1 saturated heterocycles. The summed E-state index contributed by atoms with van der Waals surface area (Å²) in [7, 11) is -3.39. The SMILES string of the molecule is CS(=O)(=O)c1cccc(C(=O)c2cnc(N3CCCC3c3ccc(F)cc3)s2)c1. The minimum atomic E-state index is -3.39. The second-order valence-electron chi connectivity index (χ2n) is 7.04. The van der Waals surface area contributed by atoms with E-state index in [4.69, 9.17) is 0 Å². The molecule has 5 nitrogen and oxygen atoms in total. The largest absolute Gasteiger partial charge is 0.341 e. The van der Waals surface area contributed by atoms with Crippen molar-refractivity contribution in [3.63, 3.8) is 0 Å². The molecule has 1 aromatic heterocycles. The van der Waals surface area contributed by atoms with Crippen molar-refractivity contribution in [3.05, 3.63) is 76.5 Å². The van der Waals surface area contributed by atoms with Crippen molar-refractivity contribution in [2.24, 2.45) is 0 Å². The lowest BCUT2D eigenvalue weighted by molar-refractivity contribution is 0.104. The molecule has 3 aromatic rings. The molecule has 0 bridgehead atoms. The van der Waals surface area contributed by atoms with Gasteiger partial charge in [0.05, 0.1) is 22.0 Å². The number of aromatic nitrogens is 1. The van der Waals surface area contributed by atoms with Crippen molar-refractivity contribution >= 4 is 32.1 Å². The Kier molecular flexibility index (Phi) is 5.23.